The van der Waals surface area contributed by atoms with E-state index in [-0.39, 0.29) is 10.6 Å². The minimum absolute atomic E-state index is 0.135. The zero-order valence-corrected chi connectivity index (χ0v) is 7.80. The largest absolute Gasteiger partial charge is 0.207 e. The highest BCUT2D eigenvalue weighted by atomic mass is 35.5. The lowest BCUT2D eigenvalue weighted by Crippen LogP contribution is -1.95. The summed E-state index contributed by atoms with van der Waals surface area (Å²) in [4.78, 5) is 0. The molecule has 1 aromatic carbocycles. The molecular formula is C8H7ClF2S. The molecule has 0 fully saturated rings. The number of thiol groups is 1. The van der Waals surface area contributed by atoms with E-state index in [2.05, 4.69) is 12.6 Å². The van der Waals surface area contributed by atoms with E-state index in [9.17, 15) is 8.78 Å². The van der Waals surface area contributed by atoms with Gasteiger partial charge in [0, 0.05) is 5.56 Å². The number of hydrogen-bond donors (Lipinski definition) is 1. The predicted octanol–water partition coefficient (Wildman–Crippen LogP) is 3.09. The van der Waals surface area contributed by atoms with Crippen LogP contribution in [-0.4, -0.2) is 5.75 Å². The Morgan fingerprint density at radius 2 is 1.83 bits per heavy atom. The highest BCUT2D eigenvalue weighted by molar-refractivity contribution is 7.80. The van der Waals surface area contributed by atoms with Gasteiger partial charge in [0.15, 0.2) is 0 Å². The molecule has 0 unspecified atom stereocenters. The summed E-state index contributed by atoms with van der Waals surface area (Å²) in [5.41, 5.74) is 0.201. The molecule has 0 bridgehead atoms. The maximum Gasteiger partial charge on any atom is 0.142 e. The summed E-state index contributed by atoms with van der Waals surface area (Å²) >= 11 is 9.44. The molecule has 0 aliphatic heterocycles. The van der Waals surface area contributed by atoms with E-state index in [0.717, 1.165) is 12.1 Å². The molecule has 0 saturated carbocycles. The molecule has 0 radical (unpaired) electrons. The van der Waals surface area contributed by atoms with Gasteiger partial charge in [0.05, 0.1) is 5.02 Å². The van der Waals surface area contributed by atoms with Crippen LogP contribution in [0.5, 0.6) is 0 Å². The fourth-order valence-corrected chi connectivity index (χ4v) is 1.38. The molecule has 66 valence electrons. The van der Waals surface area contributed by atoms with Crippen molar-refractivity contribution in [1.29, 1.82) is 0 Å². The topological polar surface area (TPSA) is 0 Å². The van der Waals surface area contributed by atoms with Crippen molar-refractivity contribution in [2.45, 2.75) is 6.42 Å². The zero-order chi connectivity index (χ0) is 9.14. The van der Waals surface area contributed by atoms with Gasteiger partial charge in [0.2, 0.25) is 0 Å². The lowest BCUT2D eigenvalue weighted by atomic mass is 10.1. The van der Waals surface area contributed by atoms with Crippen LogP contribution >= 0.6 is 24.2 Å². The highest BCUT2D eigenvalue weighted by Gasteiger charge is 2.10. The summed E-state index contributed by atoms with van der Waals surface area (Å²) in [6, 6.07) is 2.08. The molecule has 0 N–H and O–H groups in total. The van der Waals surface area contributed by atoms with Crippen molar-refractivity contribution in [3.8, 4) is 0 Å². The van der Waals surface area contributed by atoms with Gasteiger partial charge in [-0.25, -0.2) is 8.78 Å². The Bertz CT molecular complexity index is 289. The van der Waals surface area contributed by atoms with E-state index in [1.165, 1.54) is 0 Å². The van der Waals surface area contributed by atoms with Crippen LogP contribution in [0.2, 0.25) is 5.02 Å². The van der Waals surface area contributed by atoms with Crippen LogP contribution in [0.1, 0.15) is 5.56 Å². The van der Waals surface area contributed by atoms with Crippen LogP contribution in [0.15, 0.2) is 12.1 Å². The summed E-state index contributed by atoms with van der Waals surface area (Å²) in [5.74, 6) is -0.620. The normalized spacial score (nSPS) is 10.3. The Labute approximate surface area is 80.0 Å². The van der Waals surface area contributed by atoms with E-state index in [1.54, 1.807) is 0 Å². The van der Waals surface area contributed by atoms with Gasteiger partial charge in [0.1, 0.15) is 11.6 Å². The highest BCUT2D eigenvalue weighted by Crippen LogP contribution is 2.23. The molecule has 0 saturated heterocycles. The molecule has 0 atom stereocenters. The Balaban J connectivity index is 3.14. The minimum atomic E-state index is -0.588. The summed E-state index contributed by atoms with van der Waals surface area (Å²) in [6.45, 7) is 0. The summed E-state index contributed by atoms with van der Waals surface area (Å²) in [5, 5.41) is -0.135. The van der Waals surface area contributed by atoms with Crippen molar-refractivity contribution in [3.63, 3.8) is 0 Å². The standard InChI is InChI=1S/C8H7ClF2S/c9-8-5(3-4-12)6(10)1-2-7(8)11/h1-2,12H,3-4H2. The Morgan fingerprint density at radius 3 is 2.42 bits per heavy atom. The average molecular weight is 209 g/mol. The first-order valence-electron chi connectivity index (χ1n) is 3.40. The Morgan fingerprint density at radius 1 is 1.25 bits per heavy atom. The van der Waals surface area contributed by atoms with Crippen molar-refractivity contribution in [2.24, 2.45) is 0 Å². The predicted molar refractivity (Wildman–Crippen MR) is 48.9 cm³/mol. The van der Waals surface area contributed by atoms with E-state index in [1.807, 2.05) is 0 Å². The average Bonchev–Trinajstić information content (AvgIpc) is 2.06. The van der Waals surface area contributed by atoms with E-state index < -0.39 is 11.6 Å². The Kier molecular flexibility index (Phi) is 3.35. The second-order valence-corrected chi connectivity index (χ2v) is 3.12. The fraction of sp³-hybridized carbons (Fsp3) is 0.250. The third kappa shape index (κ3) is 1.90. The molecule has 0 aliphatic carbocycles. The van der Waals surface area contributed by atoms with Gasteiger partial charge in [-0.1, -0.05) is 11.6 Å². The monoisotopic (exact) mass is 208 g/mol. The van der Waals surface area contributed by atoms with Gasteiger partial charge in [-0.2, -0.15) is 12.6 Å². The first-order valence-corrected chi connectivity index (χ1v) is 4.41. The third-order valence-corrected chi connectivity index (χ3v) is 2.13. The van der Waals surface area contributed by atoms with Gasteiger partial charge in [0.25, 0.3) is 0 Å². The number of rotatable bonds is 2. The number of halogens is 3. The molecule has 12 heavy (non-hydrogen) atoms. The van der Waals surface area contributed by atoms with Gasteiger partial charge in [-0.3, -0.25) is 0 Å². The van der Waals surface area contributed by atoms with E-state index >= 15 is 0 Å². The van der Waals surface area contributed by atoms with Gasteiger partial charge in [-0.05, 0) is 24.3 Å². The quantitative estimate of drug-likeness (QED) is 0.561. The molecular weight excluding hydrogens is 202 g/mol. The zero-order valence-electron chi connectivity index (χ0n) is 6.15. The van der Waals surface area contributed by atoms with Gasteiger partial charge >= 0.3 is 0 Å². The molecule has 0 aliphatic rings. The first-order chi connectivity index (χ1) is 5.66. The van der Waals surface area contributed by atoms with Crippen molar-refractivity contribution in [2.75, 3.05) is 5.75 Å². The first kappa shape index (κ1) is 9.81. The van der Waals surface area contributed by atoms with Crippen molar-refractivity contribution < 1.29 is 8.78 Å². The minimum Gasteiger partial charge on any atom is -0.207 e. The lowest BCUT2D eigenvalue weighted by molar-refractivity contribution is 0.588. The lowest BCUT2D eigenvalue weighted by Gasteiger charge is -2.03. The van der Waals surface area contributed by atoms with Crippen LogP contribution < -0.4 is 0 Å². The molecule has 0 spiro atoms. The molecule has 0 nitrogen and oxygen atoms in total. The second kappa shape index (κ2) is 4.10. The summed E-state index contributed by atoms with van der Waals surface area (Å²) in [7, 11) is 0. The molecule has 0 amide bonds. The maximum absolute atomic E-state index is 12.9. The second-order valence-electron chi connectivity index (χ2n) is 2.30. The summed E-state index contributed by atoms with van der Waals surface area (Å²) in [6.07, 6.45) is 0.339. The number of hydrogen-bond acceptors (Lipinski definition) is 1. The number of benzene rings is 1. The molecule has 0 aromatic heterocycles. The van der Waals surface area contributed by atoms with E-state index in [0.29, 0.717) is 12.2 Å². The maximum atomic E-state index is 12.9. The van der Waals surface area contributed by atoms with Crippen molar-refractivity contribution >= 4 is 24.2 Å². The molecule has 1 rings (SSSR count). The van der Waals surface area contributed by atoms with Crippen molar-refractivity contribution in [3.05, 3.63) is 34.4 Å². The van der Waals surface area contributed by atoms with Gasteiger partial charge in [-0.15, -0.1) is 0 Å². The van der Waals surface area contributed by atoms with Crippen LogP contribution in [0.25, 0.3) is 0 Å². The van der Waals surface area contributed by atoms with Gasteiger partial charge < -0.3 is 0 Å². The Hall–Kier alpha value is -0.280. The molecule has 1 aromatic rings. The smallest absolute Gasteiger partial charge is 0.142 e. The molecule has 0 heterocycles. The summed E-state index contributed by atoms with van der Waals surface area (Å²) < 4.78 is 25.7. The molecule has 4 heteroatoms. The van der Waals surface area contributed by atoms with Crippen LogP contribution in [-0.2, 0) is 6.42 Å². The van der Waals surface area contributed by atoms with Crippen LogP contribution in [0.3, 0.4) is 0 Å². The fourth-order valence-electron chi connectivity index (χ4n) is 0.910. The van der Waals surface area contributed by atoms with E-state index in [4.69, 9.17) is 11.6 Å². The SMILES string of the molecule is Fc1ccc(F)c(CCS)c1Cl. The van der Waals surface area contributed by atoms with Crippen LogP contribution in [0.4, 0.5) is 8.78 Å². The van der Waals surface area contributed by atoms with Crippen molar-refractivity contribution in [1.82, 2.24) is 0 Å². The third-order valence-electron chi connectivity index (χ3n) is 1.50. The van der Waals surface area contributed by atoms with Crippen LogP contribution in [0, 0.1) is 11.6 Å².